The van der Waals surface area contributed by atoms with E-state index in [1.165, 1.54) is 89.9 Å². The average Bonchev–Trinajstić information content (AvgIpc) is 2.77. The van der Waals surface area contributed by atoms with Gasteiger partial charge in [0, 0.05) is 0 Å². The van der Waals surface area contributed by atoms with E-state index >= 15 is 0 Å². The molecule has 0 nitrogen and oxygen atoms in total. The summed E-state index contributed by atoms with van der Waals surface area (Å²) in [4.78, 5) is 0. The second kappa shape index (κ2) is 14.6. The highest BCUT2D eigenvalue weighted by Gasteiger charge is 2.14. The van der Waals surface area contributed by atoms with Gasteiger partial charge in [-0.05, 0) is 95.9 Å². The van der Waals surface area contributed by atoms with Gasteiger partial charge in [0.05, 0.1) is 0 Å². The van der Waals surface area contributed by atoms with Crippen LogP contribution in [-0.2, 0) is 51.4 Å². The molecule has 2 aromatic carbocycles. The predicted molar refractivity (Wildman–Crippen MR) is 144 cm³/mol. The molecule has 0 atom stereocenters. The Hall–Kier alpha value is -1.56. The Bertz CT molecular complexity index is 742. The van der Waals surface area contributed by atoms with Crippen LogP contribution in [0.25, 0.3) is 0 Å². The van der Waals surface area contributed by atoms with Crippen LogP contribution in [0.4, 0.5) is 0 Å². The van der Waals surface area contributed by atoms with Crippen LogP contribution in [0, 0.1) is 0 Å². The lowest BCUT2D eigenvalue weighted by atomic mass is 9.85. The molecular weight excluding hydrogens is 384 g/mol. The number of benzene rings is 2. The van der Waals surface area contributed by atoms with Crippen LogP contribution in [0.15, 0.2) is 24.3 Å². The molecular formula is C32H50. The first-order valence-corrected chi connectivity index (χ1v) is 13.9. The Kier molecular flexibility index (Phi) is 12.1. The average molecular weight is 435 g/mol. The zero-order valence-electron chi connectivity index (χ0n) is 22.2. The van der Waals surface area contributed by atoms with Crippen molar-refractivity contribution in [3.8, 4) is 0 Å². The van der Waals surface area contributed by atoms with Crippen LogP contribution in [0.1, 0.15) is 125 Å². The predicted octanol–water partition coefficient (Wildman–Crippen LogP) is 9.19. The molecule has 0 radical (unpaired) electrons. The second-order valence-electron chi connectivity index (χ2n) is 9.79. The molecule has 0 aromatic heterocycles. The first kappa shape index (κ1) is 26.7. The fourth-order valence-electron chi connectivity index (χ4n) is 5.45. The molecule has 0 fully saturated rings. The third-order valence-electron chi connectivity index (χ3n) is 6.77. The minimum atomic E-state index is 1.20. The van der Waals surface area contributed by atoms with Crippen molar-refractivity contribution in [1.82, 2.24) is 0 Å². The summed E-state index contributed by atoms with van der Waals surface area (Å²) in [7, 11) is 0. The van der Waals surface area contributed by atoms with Gasteiger partial charge in [0.1, 0.15) is 0 Å². The molecule has 32 heavy (non-hydrogen) atoms. The van der Waals surface area contributed by atoms with E-state index in [4.69, 9.17) is 0 Å². The Morgan fingerprint density at radius 2 is 0.625 bits per heavy atom. The fourth-order valence-corrected chi connectivity index (χ4v) is 5.45. The van der Waals surface area contributed by atoms with Crippen molar-refractivity contribution in [2.24, 2.45) is 0 Å². The summed E-state index contributed by atoms with van der Waals surface area (Å²) in [5.74, 6) is 0. The lowest BCUT2D eigenvalue weighted by Gasteiger charge is -2.20. The zero-order chi connectivity index (χ0) is 23.3. The smallest absolute Gasteiger partial charge is 0.0235 e. The van der Waals surface area contributed by atoms with Crippen LogP contribution in [0.3, 0.4) is 0 Å². The summed E-state index contributed by atoms with van der Waals surface area (Å²) in [5, 5.41) is 0. The third-order valence-corrected chi connectivity index (χ3v) is 6.77. The molecule has 0 spiro atoms. The Labute approximate surface area is 200 Å². The van der Waals surface area contributed by atoms with Crippen LogP contribution in [0.5, 0.6) is 0 Å². The summed E-state index contributed by atoms with van der Waals surface area (Å²) in [6, 6.07) is 10.2. The fraction of sp³-hybridized carbons (Fsp3) is 0.625. The van der Waals surface area contributed by atoms with E-state index in [-0.39, 0.29) is 0 Å². The standard InChI is InChI=1S/C32H50/c1-7-13-25-21-27(15-9-3)31(17-11-5)29(23-25)19-20-30-24-26(14-8-2)22-28(16-10-4)32(30)18-12-6/h21-24H,7-20H2,1-6H3. The highest BCUT2D eigenvalue weighted by atomic mass is 14.2. The summed E-state index contributed by atoms with van der Waals surface area (Å²) in [6.45, 7) is 13.9. The molecule has 2 aromatic rings. The van der Waals surface area contributed by atoms with Crippen LogP contribution in [-0.4, -0.2) is 0 Å². The van der Waals surface area contributed by atoms with Gasteiger partial charge in [-0.1, -0.05) is 104 Å². The summed E-state index contributed by atoms with van der Waals surface area (Å²) >= 11 is 0. The van der Waals surface area contributed by atoms with Gasteiger partial charge in [-0.3, -0.25) is 0 Å². The van der Waals surface area contributed by atoms with E-state index in [1.54, 1.807) is 44.5 Å². The number of hydrogen-bond donors (Lipinski definition) is 0. The minimum Gasteiger partial charge on any atom is -0.0651 e. The normalized spacial score (nSPS) is 11.3. The van der Waals surface area contributed by atoms with Crippen LogP contribution in [0.2, 0.25) is 0 Å². The topological polar surface area (TPSA) is 0 Å². The summed E-state index contributed by atoms with van der Waals surface area (Å²) in [6.07, 6.45) is 17.2. The van der Waals surface area contributed by atoms with Crippen LogP contribution < -0.4 is 0 Å². The van der Waals surface area contributed by atoms with Crippen molar-refractivity contribution >= 4 is 0 Å². The monoisotopic (exact) mass is 434 g/mol. The van der Waals surface area contributed by atoms with Gasteiger partial charge in [-0.15, -0.1) is 0 Å². The van der Waals surface area contributed by atoms with Gasteiger partial charge in [0.15, 0.2) is 0 Å². The Morgan fingerprint density at radius 1 is 0.344 bits per heavy atom. The lowest BCUT2D eigenvalue weighted by Crippen LogP contribution is -2.08. The maximum Gasteiger partial charge on any atom is -0.0235 e. The third kappa shape index (κ3) is 7.50. The lowest BCUT2D eigenvalue weighted by molar-refractivity contribution is 0.803. The Morgan fingerprint density at radius 3 is 0.906 bits per heavy atom. The quantitative estimate of drug-likeness (QED) is 0.262. The molecule has 0 saturated heterocycles. The van der Waals surface area contributed by atoms with Gasteiger partial charge < -0.3 is 0 Å². The first-order chi connectivity index (χ1) is 15.6. The number of hydrogen-bond acceptors (Lipinski definition) is 0. The largest absolute Gasteiger partial charge is 0.0651 e. The van der Waals surface area contributed by atoms with E-state index in [1.807, 2.05) is 0 Å². The van der Waals surface area contributed by atoms with Crippen molar-refractivity contribution in [2.75, 3.05) is 0 Å². The van der Waals surface area contributed by atoms with Gasteiger partial charge in [0.25, 0.3) is 0 Å². The molecule has 178 valence electrons. The highest BCUT2D eigenvalue weighted by molar-refractivity contribution is 5.43. The molecule has 0 aliphatic rings. The highest BCUT2D eigenvalue weighted by Crippen LogP contribution is 2.27. The molecule has 0 saturated carbocycles. The molecule has 0 aliphatic carbocycles. The Balaban J connectivity index is 2.46. The first-order valence-electron chi connectivity index (χ1n) is 13.9. The SMILES string of the molecule is CCCc1cc(CCC)c(CCC)c(CCc2cc(CCC)cc(CCC)c2CCC)c1. The molecule has 0 unspecified atom stereocenters. The summed E-state index contributed by atoms with van der Waals surface area (Å²) in [5.41, 5.74) is 13.0. The maximum atomic E-state index is 2.57. The van der Waals surface area contributed by atoms with E-state index in [0.717, 1.165) is 0 Å². The van der Waals surface area contributed by atoms with E-state index in [9.17, 15) is 0 Å². The van der Waals surface area contributed by atoms with E-state index < -0.39 is 0 Å². The number of rotatable bonds is 15. The molecule has 0 heteroatoms. The minimum absolute atomic E-state index is 1.20. The van der Waals surface area contributed by atoms with Crippen LogP contribution >= 0.6 is 0 Å². The van der Waals surface area contributed by atoms with Crippen molar-refractivity contribution in [1.29, 1.82) is 0 Å². The van der Waals surface area contributed by atoms with Gasteiger partial charge in [-0.25, -0.2) is 0 Å². The molecule has 2 rings (SSSR count). The zero-order valence-corrected chi connectivity index (χ0v) is 22.2. The molecule has 0 amide bonds. The molecule has 0 N–H and O–H groups in total. The maximum absolute atomic E-state index is 2.57. The van der Waals surface area contributed by atoms with E-state index in [2.05, 4.69) is 65.8 Å². The molecule has 0 bridgehead atoms. The summed E-state index contributed by atoms with van der Waals surface area (Å²) < 4.78 is 0. The van der Waals surface area contributed by atoms with Crippen molar-refractivity contribution in [3.05, 3.63) is 68.8 Å². The van der Waals surface area contributed by atoms with Crippen molar-refractivity contribution < 1.29 is 0 Å². The molecule has 0 heterocycles. The molecule has 0 aliphatic heterocycles. The van der Waals surface area contributed by atoms with Gasteiger partial charge in [-0.2, -0.15) is 0 Å². The van der Waals surface area contributed by atoms with E-state index in [0.29, 0.717) is 0 Å². The van der Waals surface area contributed by atoms with Gasteiger partial charge in [0.2, 0.25) is 0 Å². The van der Waals surface area contributed by atoms with Crippen molar-refractivity contribution in [3.63, 3.8) is 0 Å². The van der Waals surface area contributed by atoms with Crippen molar-refractivity contribution in [2.45, 2.75) is 131 Å². The van der Waals surface area contributed by atoms with Gasteiger partial charge >= 0.3 is 0 Å². The second-order valence-corrected chi connectivity index (χ2v) is 9.79. The number of aryl methyl sites for hydroxylation is 6.